The van der Waals surface area contributed by atoms with Gasteiger partial charge in [0.15, 0.2) is 0 Å². The second-order valence-electron chi connectivity index (χ2n) is 5.19. The lowest BCUT2D eigenvalue weighted by Gasteiger charge is -2.12. The van der Waals surface area contributed by atoms with Crippen LogP contribution >= 0.6 is 22.9 Å². The number of halogens is 1. The molecule has 0 saturated heterocycles. The monoisotopic (exact) mass is 378 g/mol. The van der Waals surface area contributed by atoms with Gasteiger partial charge in [0, 0.05) is 6.54 Å². The number of anilines is 1. The van der Waals surface area contributed by atoms with Crippen molar-refractivity contribution in [2.45, 2.75) is 6.42 Å². The Morgan fingerprint density at radius 1 is 1.16 bits per heavy atom. The second-order valence-corrected chi connectivity index (χ2v) is 6.91. The van der Waals surface area contributed by atoms with Crippen LogP contribution in [0.4, 0.5) is 5.69 Å². The van der Waals surface area contributed by atoms with Crippen molar-refractivity contribution >= 4 is 52.3 Å². The van der Waals surface area contributed by atoms with Crippen molar-refractivity contribution in [1.29, 1.82) is 0 Å². The van der Waals surface area contributed by atoms with Crippen LogP contribution in [0.5, 0.6) is 0 Å². The quantitative estimate of drug-likeness (QED) is 0.778. The van der Waals surface area contributed by atoms with Crippen molar-refractivity contribution in [3.63, 3.8) is 0 Å². The number of hydrogen-bond donors (Lipinski definition) is 2. The summed E-state index contributed by atoms with van der Waals surface area (Å²) >= 11 is 6.90. The first-order valence-electron chi connectivity index (χ1n) is 7.16. The van der Waals surface area contributed by atoms with Gasteiger partial charge in [-0.05, 0) is 24.3 Å². The first-order valence-corrected chi connectivity index (χ1v) is 8.35. The van der Waals surface area contributed by atoms with E-state index in [9.17, 15) is 19.2 Å². The molecule has 1 aliphatic rings. The summed E-state index contributed by atoms with van der Waals surface area (Å²) in [5.74, 6) is -2.76. The molecule has 2 heterocycles. The molecule has 0 radical (unpaired) electrons. The van der Waals surface area contributed by atoms with Crippen molar-refractivity contribution in [3.05, 3.63) is 50.7 Å². The van der Waals surface area contributed by atoms with Gasteiger partial charge in [0.1, 0.15) is 0 Å². The number of carboxylic acid groups (broad SMARTS) is 1. The molecule has 0 spiro atoms. The fraction of sp³-hybridized carbons (Fsp3) is 0.125. The Hall–Kier alpha value is -2.71. The maximum atomic E-state index is 12.5. The standard InChI is InChI=1S/C16H11ClN2O5S/c17-11-5-4-10(25-11)14(22)18-9-3-1-2-8-13(9)16(24)19(15(8)23)7-6-12(20)21/h1-5H,6-7H2,(H,18,22)(H,20,21). The van der Waals surface area contributed by atoms with Gasteiger partial charge in [-0.1, -0.05) is 17.7 Å². The second kappa shape index (κ2) is 6.66. The van der Waals surface area contributed by atoms with Crippen LogP contribution in [-0.4, -0.2) is 40.2 Å². The number of imide groups is 1. The van der Waals surface area contributed by atoms with Gasteiger partial charge < -0.3 is 10.4 Å². The predicted molar refractivity (Wildman–Crippen MR) is 91.3 cm³/mol. The number of aliphatic carboxylic acids is 1. The van der Waals surface area contributed by atoms with E-state index in [1.807, 2.05) is 0 Å². The fourth-order valence-electron chi connectivity index (χ4n) is 2.47. The van der Waals surface area contributed by atoms with E-state index in [-0.39, 0.29) is 29.8 Å². The minimum absolute atomic E-state index is 0.0638. The first-order chi connectivity index (χ1) is 11.9. The van der Waals surface area contributed by atoms with E-state index in [0.29, 0.717) is 9.21 Å². The Bertz CT molecular complexity index is 908. The number of carbonyl (C=O) groups excluding carboxylic acids is 3. The molecule has 9 heteroatoms. The van der Waals surface area contributed by atoms with Gasteiger partial charge >= 0.3 is 5.97 Å². The number of carbonyl (C=O) groups is 4. The zero-order chi connectivity index (χ0) is 18.1. The van der Waals surface area contributed by atoms with Gasteiger partial charge in [0.2, 0.25) is 0 Å². The summed E-state index contributed by atoms with van der Waals surface area (Å²) in [5.41, 5.74) is 0.398. The van der Waals surface area contributed by atoms with Crippen molar-refractivity contribution < 1.29 is 24.3 Å². The molecule has 0 saturated carbocycles. The van der Waals surface area contributed by atoms with Crippen molar-refractivity contribution in [1.82, 2.24) is 4.90 Å². The van der Waals surface area contributed by atoms with Crippen LogP contribution in [0.2, 0.25) is 4.34 Å². The van der Waals surface area contributed by atoms with Crippen LogP contribution in [0.25, 0.3) is 0 Å². The Kier molecular flexibility index (Phi) is 4.56. The van der Waals surface area contributed by atoms with E-state index in [4.69, 9.17) is 16.7 Å². The highest BCUT2D eigenvalue weighted by atomic mass is 35.5. The normalized spacial score (nSPS) is 13.1. The number of amides is 3. The van der Waals surface area contributed by atoms with Crippen molar-refractivity contribution in [3.8, 4) is 0 Å². The minimum Gasteiger partial charge on any atom is -0.481 e. The first kappa shape index (κ1) is 17.1. The Morgan fingerprint density at radius 2 is 1.92 bits per heavy atom. The van der Waals surface area contributed by atoms with Crippen LogP contribution in [0.3, 0.4) is 0 Å². The highest BCUT2D eigenvalue weighted by Gasteiger charge is 2.37. The smallest absolute Gasteiger partial charge is 0.305 e. The number of rotatable bonds is 5. The Balaban J connectivity index is 1.88. The number of carboxylic acids is 1. The lowest BCUT2D eigenvalue weighted by Crippen LogP contribution is -2.32. The summed E-state index contributed by atoms with van der Waals surface area (Å²) in [6, 6.07) is 7.66. The molecule has 25 heavy (non-hydrogen) atoms. The fourth-order valence-corrected chi connectivity index (χ4v) is 3.41. The summed E-state index contributed by atoms with van der Waals surface area (Å²) in [4.78, 5) is 49.0. The number of nitrogens with one attached hydrogen (secondary N) is 1. The van der Waals surface area contributed by atoms with Crippen LogP contribution in [0.1, 0.15) is 36.8 Å². The summed E-state index contributed by atoms with van der Waals surface area (Å²) in [6.07, 6.45) is -0.346. The van der Waals surface area contributed by atoms with Gasteiger partial charge in [-0.3, -0.25) is 24.1 Å². The molecular weight excluding hydrogens is 368 g/mol. The van der Waals surface area contributed by atoms with Crippen LogP contribution in [0.15, 0.2) is 30.3 Å². The third kappa shape index (κ3) is 3.26. The third-order valence-electron chi connectivity index (χ3n) is 3.59. The van der Waals surface area contributed by atoms with Gasteiger partial charge in [-0.25, -0.2) is 0 Å². The summed E-state index contributed by atoms with van der Waals surface area (Å²) in [5, 5.41) is 11.4. The van der Waals surface area contributed by atoms with Crippen LogP contribution in [-0.2, 0) is 4.79 Å². The maximum Gasteiger partial charge on any atom is 0.305 e. The van der Waals surface area contributed by atoms with Crippen LogP contribution < -0.4 is 5.32 Å². The lowest BCUT2D eigenvalue weighted by atomic mass is 10.1. The molecule has 0 bridgehead atoms. The molecule has 0 unspecified atom stereocenters. The molecule has 3 amide bonds. The molecule has 2 aromatic rings. The topological polar surface area (TPSA) is 104 Å². The SMILES string of the molecule is O=C(O)CCN1C(=O)c2cccc(NC(=O)c3ccc(Cl)s3)c2C1=O. The Morgan fingerprint density at radius 3 is 2.56 bits per heavy atom. The Labute approximate surface area is 150 Å². The summed E-state index contributed by atoms with van der Waals surface area (Å²) < 4.78 is 0.453. The largest absolute Gasteiger partial charge is 0.481 e. The van der Waals surface area contributed by atoms with E-state index in [0.717, 1.165) is 16.2 Å². The van der Waals surface area contributed by atoms with E-state index >= 15 is 0 Å². The zero-order valence-electron chi connectivity index (χ0n) is 12.6. The van der Waals surface area contributed by atoms with Gasteiger partial charge in [0.05, 0.1) is 32.4 Å². The number of thiophene rings is 1. The van der Waals surface area contributed by atoms with Gasteiger partial charge in [-0.15, -0.1) is 11.3 Å². The van der Waals surface area contributed by atoms with Gasteiger partial charge in [0.25, 0.3) is 17.7 Å². The molecule has 1 aromatic carbocycles. The molecule has 3 rings (SSSR count). The van der Waals surface area contributed by atoms with E-state index in [1.165, 1.54) is 12.1 Å². The molecule has 1 aliphatic heterocycles. The van der Waals surface area contributed by atoms with E-state index in [1.54, 1.807) is 18.2 Å². The molecular formula is C16H11ClN2O5S. The number of hydrogen-bond acceptors (Lipinski definition) is 5. The van der Waals surface area contributed by atoms with Crippen molar-refractivity contribution in [2.75, 3.05) is 11.9 Å². The summed E-state index contributed by atoms with van der Waals surface area (Å²) in [7, 11) is 0. The van der Waals surface area contributed by atoms with Crippen LogP contribution in [0, 0.1) is 0 Å². The molecule has 0 fully saturated rings. The molecule has 0 atom stereocenters. The molecule has 1 aromatic heterocycles. The number of nitrogens with zero attached hydrogens (tertiary/aromatic N) is 1. The molecule has 0 aliphatic carbocycles. The van der Waals surface area contributed by atoms with Gasteiger partial charge in [-0.2, -0.15) is 0 Å². The van der Waals surface area contributed by atoms with Crippen molar-refractivity contribution in [2.24, 2.45) is 0 Å². The number of benzene rings is 1. The highest BCUT2D eigenvalue weighted by molar-refractivity contribution is 7.18. The molecule has 128 valence electrons. The average molecular weight is 379 g/mol. The maximum absolute atomic E-state index is 12.5. The minimum atomic E-state index is -1.11. The summed E-state index contributed by atoms with van der Waals surface area (Å²) in [6.45, 7) is -0.227. The van der Waals surface area contributed by atoms with E-state index in [2.05, 4.69) is 5.32 Å². The third-order valence-corrected chi connectivity index (χ3v) is 4.82. The zero-order valence-corrected chi connectivity index (χ0v) is 14.2. The predicted octanol–water partition coefficient (Wildman–Crippen LogP) is 2.72. The highest BCUT2D eigenvalue weighted by Crippen LogP contribution is 2.30. The average Bonchev–Trinajstić information content (AvgIpc) is 3.09. The lowest BCUT2D eigenvalue weighted by molar-refractivity contribution is -0.137. The van der Waals surface area contributed by atoms with E-state index < -0.39 is 23.7 Å². The number of fused-ring (bicyclic) bond motifs is 1. The molecule has 7 nitrogen and oxygen atoms in total. The molecule has 2 N–H and O–H groups in total.